The van der Waals surface area contributed by atoms with Gasteiger partial charge in [-0.3, -0.25) is 4.98 Å². The van der Waals surface area contributed by atoms with E-state index in [1.807, 2.05) is 19.2 Å². The highest BCUT2D eigenvalue weighted by atomic mass is 15.2. The van der Waals surface area contributed by atoms with Gasteiger partial charge in [0.15, 0.2) is 0 Å². The van der Waals surface area contributed by atoms with Crippen LogP contribution >= 0.6 is 0 Å². The molecule has 0 amide bonds. The fourth-order valence-corrected chi connectivity index (χ4v) is 2.22. The number of nitrogens with zero attached hydrogens (tertiary/aromatic N) is 4. The van der Waals surface area contributed by atoms with Crippen LogP contribution in [-0.2, 0) is 13.0 Å². The van der Waals surface area contributed by atoms with Crippen molar-refractivity contribution in [2.75, 3.05) is 18.0 Å². The maximum absolute atomic E-state index is 5.66. The lowest BCUT2D eigenvalue weighted by atomic mass is 10.2. The maximum atomic E-state index is 5.66. The molecule has 2 heterocycles. The summed E-state index contributed by atoms with van der Waals surface area (Å²) in [5.41, 5.74) is 7.90. The number of nitrogens with two attached hydrogens (primary N) is 1. The van der Waals surface area contributed by atoms with Crippen LogP contribution in [0.4, 0.5) is 5.82 Å². The zero-order valence-electron chi connectivity index (χ0n) is 12.8. The predicted octanol–water partition coefficient (Wildman–Crippen LogP) is 2.10. The van der Waals surface area contributed by atoms with Gasteiger partial charge in [-0.1, -0.05) is 13.0 Å². The normalized spacial score (nSPS) is 10.6. The third-order valence-electron chi connectivity index (χ3n) is 3.29. The Bertz CT molecular complexity index is 556. The number of hydrogen-bond donors (Lipinski definition) is 1. The smallest absolute Gasteiger partial charge is 0.132 e. The van der Waals surface area contributed by atoms with Gasteiger partial charge in [-0.25, -0.2) is 9.97 Å². The average Bonchev–Trinajstić information content (AvgIpc) is 2.51. The van der Waals surface area contributed by atoms with E-state index in [9.17, 15) is 0 Å². The third-order valence-corrected chi connectivity index (χ3v) is 3.29. The molecule has 5 nitrogen and oxygen atoms in total. The average molecular weight is 285 g/mol. The van der Waals surface area contributed by atoms with Crippen molar-refractivity contribution in [3.8, 4) is 0 Å². The van der Waals surface area contributed by atoms with Gasteiger partial charge in [0.25, 0.3) is 0 Å². The molecule has 0 radical (unpaired) electrons. The van der Waals surface area contributed by atoms with Crippen LogP contribution in [0.25, 0.3) is 0 Å². The zero-order valence-corrected chi connectivity index (χ0v) is 12.8. The van der Waals surface area contributed by atoms with Crippen molar-refractivity contribution in [2.45, 2.75) is 33.2 Å². The second-order valence-electron chi connectivity index (χ2n) is 5.04. The first-order chi connectivity index (χ1) is 10.2. The minimum atomic E-state index is 0.675. The number of rotatable bonds is 7. The summed E-state index contributed by atoms with van der Waals surface area (Å²) in [7, 11) is 0. The number of pyridine rings is 1. The molecule has 2 aromatic rings. The minimum absolute atomic E-state index is 0.675. The van der Waals surface area contributed by atoms with Crippen LogP contribution in [0.1, 0.15) is 30.4 Å². The van der Waals surface area contributed by atoms with Gasteiger partial charge >= 0.3 is 0 Å². The Labute approximate surface area is 126 Å². The fourth-order valence-electron chi connectivity index (χ4n) is 2.22. The van der Waals surface area contributed by atoms with Crippen LogP contribution in [0.3, 0.4) is 0 Å². The standard InChI is InChI=1S/C16H23N5/c1-3-15-10-16(20-13(2)19-15)21(9-5-7-17)12-14-6-4-8-18-11-14/h4,6,8,10-11H,3,5,7,9,12,17H2,1-2H3. The summed E-state index contributed by atoms with van der Waals surface area (Å²) in [5.74, 6) is 1.78. The monoisotopic (exact) mass is 285 g/mol. The lowest BCUT2D eigenvalue weighted by Crippen LogP contribution is -2.27. The van der Waals surface area contributed by atoms with E-state index in [1.165, 1.54) is 5.56 Å². The molecule has 0 unspecified atom stereocenters. The quantitative estimate of drug-likeness (QED) is 0.843. The molecule has 2 aromatic heterocycles. The number of aryl methyl sites for hydroxylation is 2. The summed E-state index contributed by atoms with van der Waals surface area (Å²) in [4.78, 5) is 15.5. The molecule has 0 aliphatic carbocycles. The molecule has 0 aliphatic heterocycles. The molecule has 2 rings (SSSR count). The molecule has 0 bridgehead atoms. The zero-order chi connectivity index (χ0) is 15.1. The molecule has 0 spiro atoms. The van der Waals surface area contributed by atoms with Gasteiger partial charge < -0.3 is 10.6 Å². The van der Waals surface area contributed by atoms with E-state index < -0.39 is 0 Å². The summed E-state index contributed by atoms with van der Waals surface area (Å²) in [6.07, 6.45) is 5.53. The van der Waals surface area contributed by atoms with E-state index in [4.69, 9.17) is 5.73 Å². The van der Waals surface area contributed by atoms with E-state index in [0.717, 1.165) is 43.3 Å². The molecular weight excluding hydrogens is 262 g/mol. The van der Waals surface area contributed by atoms with Gasteiger partial charge in [0.1, 0.15) is 11.6 Å². The molecule has 112 valence electrons. The van der Waals surface area contributed by atoms with Crippen molar-refractivity contribution in [3.05, 3.63) is 47.7 Å². The van der Waals surface area contributed by atoms with Gasteiger partial charge in [-0.2, -0.15) is 0 Å². The van der Waals surface area contributed by atoms with Gasteiger partial charge in [0.2, 0.25) is 0 Å². The highest BCUT2D eigenvalue weighted by Crippen LogP contribution is 2.16. The van der Waals surface area contributed by atoms with Gasteiger partial charge in [0.05, 0.1) is 0 Å². The molecule has 0 aromatic carbocycles. The van der Waals surface area contributed by atoms with Crippen LogP contribution in [-0.4, -0.2) is 28.0 Å². The summed E-state index contributed by atoms with van der Waals surface area (Å²) >= 11 is 0. The van der Waals surface area contributed by atoms with Crippen molar-refractivity contribution < 1.29 is 0 Å². The van der Waals surface area contributed by atoms with Crippen molar-refractivity contribution in [1.82, 2.24) is 15.0 Å². The topological polar surface area (TPSA) is 67.9 Å². The Morgan fingerprint density at radius 3 is 2.81 bits per heavy atom. The predicted molar refractivity (Wildman–Crippen MR) is 85.1 cm³/mol. The van der Waals surface area contributed by atoms with Gasteiger partial charge in [0, 0.05) is 37.2 Å². The molecule has 0 aliphatic rings. The molecule has 0 saturated carbocycles. The van der Waals surface area contributed by atoms with Crippen molar-refractivity contribution >= 4 is 5.82 Å². The van der Waals surface area contributed by atoms with Crippen LogP contribution in [0.5, 0.6) is 0 Å². The Morgan fingerprint density at radius 2 is 2.14 bits per heavy atom. The van der Waals surface area contributed by atoms with E-state index >= 15 is 0 Å². The first kappa shape index (κ1) is 15.4. The molecule has 0 atom stereocenters. The summed E-state index contributed by atoms with van der Waals surface area (Å²) in [6, 6.07) is 6.11. The third kappa shape index (κ3) is 4.49. The molecule has 21 heavy (non-hydrogen) atoms. The van der Waals surface area contributed by atoms with Crippen molar-refractivity contribution in [2.24, 2.45) is 5.73 Å². The molecular formula is C16H23N5. The van der Waals surface area contributed by atoms with Gasteiger partial charge in [-0.15, -0.1) is 0 Å². The van der Waals surface area contributed by atoms with E-state index in [2.05, 4.69) is 38.9 Å². The van der Waals surface area contributed by atoms with Crippen LogP contribution in [0.2, 0.25) is 0 Å². The number of anilines is 1. The van der Waals surface area contributed by atoms with Crippen molar-refractivity contribution in [3.63, 3.8) is 0 Å². The fraction of sp³-hybridized carbons (Fsp3) is 0.438. The Morgan fingerprint density at radius 1 is 1.29 bits per heavy atom. The molecule has 0 fully saturated rings. The van der Waals surface area contributed by atoms with Gasteiger partial charge in [-0.05, 0) is 37.9 Å². The van der Waals surface area contributed by atoms with E-state index in [0.29, 0.717) is 6.54 Å². The Kier molecular flexibility index (Phi) is 5.63. The largest absolute Gasteiger partial charge is 0.352 e. The summed E-state index contributed by atoms with van der Waals surface area (Å²) < 4.78 is 0. The first-order valence-corrected chi connectivity index (χ1v) is 7.41. The lowest BCUT2D eigenvalue weighted by Gasteiger charge is -2.24. The summed E-state index contributed by atoms with van der Waals surface area (Å²) in [5, 5.41) is 0. The number of aromatic nitrogens is 3. The lowest BCUT2D eigenvalue weighted by molar-refractivity contribution is 0.719. The summed E-state index contributed by atoms with van der Waals surface area (Å²) in [6.45, 7) is 6.39. The SMILES string of the molecule is CCc1cc(N(CCCN)Cc2cccnc2)nc(C)n1. The highest BCUT2D eigenvalue weighted by Gasteiger charge is 2.11. The number of hydrogen-bond acceptors (Lipinski definition) is 5. The van der Waals surface area contributed by atoms with Crippen LogP contribution in [0.15, 0.2) is 30.6 Å². The molecule has 5 heteroatoms. The second kappa shape index (κ2) is 7.69. The highest BCUT2D eigenvalue weighted by molar-refractivity contribution is 5.40. The minimum Gasteiger partial charge on any atom is -0.352 e. The maximum Gasteiger partial charge on any atom is 0.132 e. The van der Waals surface area contributed by atoms with Crippen molar-refractivity contribution in [1.29, 1.82) is 0 Å². The van der Waals surface area contributed by atoms with Crippen LogP contribution in [0, 0.1) is 6.92 Å². The molecule has 0 saturated heterocycles. The second-order valence-corrected chi connectivity index (χ2v) is 5.04. The Balaban J connectivity index is 2.24. The van der Waals surface area contributed by atoms with Crippen LogP contribution < -0.4 is 10.6 Å². The van der Waals surface area contributed by atoms with E-state index in [-0.39, 0.29) is 0 Å². The Hall–Kier alpha value is -2.01. The van der Waals surface area contributed by atoms with E-state index in [1.54, 1.807) is 6.20 Å². The first-order valence-electron chi connectivity index (χ1n) is 7.41. The molecule has 2 N–H and O–H groups in total.